The van der Waals surface area contributed by atoms with E-state index in [2.05, 4.69) is 10.2 Å². The third-order valence-electron chi connectivity index (χ3n) is 3.54. The molecule has 2 rings (SSSR count). The molecule has 0 bridgehead atoms. The van der Waals surface area contributed by atoms with Gasteiger partial charge in [0.25, 0.3) is 10.0 Å². The molecule has 1 fully saturated rings. The van der Waals surface area contributed by atoms with E-state index in [0.29, 0.717) is 19.0 Å². The smallest absolute Gasteiger partial charge is 0.340 e. The van der Waals surface area contributed by atoms with Crippen LogP contribution in [0, 0.1) is 12.8 Å². The standard InChI is InChI=1S/C11H17N3O4S/c1-3-8-4-5-14(6-8)19(17,18)10-9(11(15)16)7(2)12-13-10/h8H,3-6H2,1-2H3,(H,12,13)(H,15,16). The van der Waals surface area contributed by atoms with E-state index < -0.39 is 16.0 Å². The normalized spacial score (nSPS) is 20.8. The van der Waals surface area contributed by atoms with Gasteiger partial charge in [-0.1, -0.05) is 13.3 Å². The van der Waals surface area contributed by atoms with Gasteiger partial charge >= 0.3 is 5.97 Å². The lowest BCUT2D eigenvalue weighted by atomic mass is 10.1. The van der Waals surface area contributed by atoms with Crippen LogP contribution in [0.2, 0.25) is 0 Å². The zero-order chi connectivity index (χ0) is 14.2. The molecule has 0 aliphatic carbocycles. The zero-order valence-corrected chi connectivity index (χ0v) is 11.7. The van der Waals surface area contributed by atoms with Crippen LogP contribution in [0.3, 0.4) is 0 Å². The van der Waals surface area contributed by atoms with Gasteiger partial charge in [-0.3, -0.25) is 5.10 Å². The molecule has 1 atom stereocenters. The number of nitrogens with zero attached hydrogens (tertiary/aromatic N) is 2. The van der Waals surface area contributed by atoms with E-state index in [1.165, 1.54) is 11.2 Å². The van der Waals surface area contributed by atoms with Crippen LogP contribution in [0.4, 0.5) is 0 Å². The van der Waals surface area contributed by atoms with Crippen molar-refractivity contribution in [2.24, 2.45) is 5.92 Å². The fraction of sp³-hybridized carbons (Fsp3) is 0.636. The Bertz CT molecular complexity index is 593. The molecule has 1 saturated heterocycles. The zero-order valence-electron chi connectivity index (χ0n) is 10.9. The van der Waals surface area contributed by atoms with Crippen molar-refractivity contribution in [2.45, 2.75) is 31.7 Å². The summed E-state index contributed by atoms with van der Waals surface area (Å²) in [6, 6.07) is 0. The van der Waals surface area contributed by atoms with Crippen LogP contribution < -0.4 is 0 Å². The number of carboxylic acids is 1. The van der Waals surface area contributed by atoms with Gasteiger partial charge in [-0.25, -0.2) is 13.2 Å². The Morgan fingerprint density at radius 2 is 2.26 bits per heavy atom. The molecule has 106 valence electrons. The molecule has 8 heteroatoms. The van der Waals surface area contributed by atoms with Gasteiger partial charge in [0.05, 0.1) is 0 Å². The average molecular weight is 287 g/mol. The molecule has 2 heterocycles. The highest BCUT2D eigenvalue weighted by molar-refractivity contribution is 7.89. The van der Waals surface area contributed by atoms with Crippen LogP contribution in [0.25, 0.3) is 0 Å². The Morgan fingerprint density at radius 3 is 2.79 bits per heavy atom. The molecule has 19 heavy (non-hydrogen) atoms. The lowest BCUT2D eigenvalue weighted by molar-refractivity contribution is 0.0691. The number of carboxylic acid groups (broad SMARTS) is 1. The number of aromatic nitrogens is 2. The third-order valence-corrected chi connectivity index (χ3v) is 5.33. The number of aromatic amines is 1. The average Bonchev–Trinajstić information content (AvgIpc) is 2.94. The molecule has 0 amide bonds. The summed E-state index contributed by atoms with van der Waals surface area (Å²) in [4.78, 5) is 11.1. The molecule has 7 nitrogen and oxygen atoms in total. The lowest BCUT2D eigenvalue weighted by Gasteiger charge is -2.15. The first-order chi connectivity index (χ1) is 8.87. The molecule has 0 spiro atoms. The Labute approximate surface area is 111 Å². The van der Waals surface area contributed by atoms with E-state index >= 15 is 0 Å². The van der Waals surface area contributed by atoms with Crippen molar-refractivity contribution in [3.05, 3.63) is 11.3 Å². The number of hydrogen-bond donors (Lipinski definition) is 2. The predicted molar refractivity (Wildman–Crippen MR) is 67.4 cm³/mol. The van der Waals surface area contributed by atoms with Crippen LogP contribution in [-0.2, 0) is 10.0 Å². The van der Waals surface area contributed by atoms with E-state index in [0.717, 1.165) is 12.8 Å². The van der Waals surface area contributed by atoms with E-state index in [1.54, 1.807) is 0 Å². The molecule has 2 N–H and O–H groups in total. The van der Waals surface area contributed by atoms with Crippen LogP contribution >= 0.6 is 0 Å². The SMILES string of the molecule is CCC1CCN(S(=O)(=O)c2n[nH]c(C)c2C(=O)O)C1. The van der Waals surface area contributed by atoms with Crippen molar-refractivity contribution < 1.29 is 18.3 Å². The maximum absolute atomic E-state index is 12.4. The van der Waals surface area contributed by atoms with Crippen molar-refractivity contribution >= 4 is 16.0 Å². The summed E-state index contributed by atoms with van der Waals surface area (Å²) in [5, 5.41) is 14.8. The van der Waals surface area contributed by atoms with Crippen LogP contribution in [-0.4, -0.2) is 47.1 Å². The van der Waals surface area contributed by atoms with Crippen molar-refractivity contribution in [3.8, 4) is 0 Å². The summed E-state index contributed by atoms with van der Waals surface area (Å²) >= 11 is 0. The second kappa shape index (κ2) is 4.93. The van der Waals surface area contributed by atoms with E-state index in [1.807, 2.05) is 6.92 Å². The molecule has 1 aromatic heterocycles. The number of rotatable bonds is 4. The molecule has 1 unspecified atom stereocenters. The molecule has 0 aromatic carbocycles. The number of sulfonamides is 1. The van der Waals surface area contributed by atoms with Crippen LogP contribution in [0.5, 0.6) is 0 Å². The van der Waals surface area contributed by atoms with Gasteiger partial charge < -0.3 is 5.11 Å². The molecule has 0 saturated carbocycles. The highest BCUT2D eigenvalue weighted by Crippen LogP contribution is 2.27. The minimum Gasteiger partial charge on any atom is -0.478 e. The second-order valence-corrected chi connectivity index (χ2v) is 6.61. The quantitative estimate of drug-likeness (QED) is 0.854. The first-order valence-corrected chi connectivity index (χ1v) is 7.60. The van der Waals surface area contributed by atoms with Gasteiger partial charge in [0.2, 0.25) is 5.03 Å². The largest absolute Gasteiger partial charge is 0.478 e. The van der Waals surface area contributed by atoms with Gasteiger partial charge in [0.15, 0.2) is 0 Å². The summed E-state index contributed by atoms with van der Waals surface area (Å²) in [7, 11) is -3.83. The Balaban J connectivity index is 2.38. The first kappa shape index (κ1) is 14.0. The highest BCUT2D eigenvalue weighted by atomic mass is 32.2. The van der Waals surface area contributed by atoms with Crippen LogP contribution in [0.15, 0.2) is 5.03 Å². The lowest BCUT2D eigenvalue weighted by Crippen LogP contribution is -2.30. The number of aromatic carboxylic acids is 1. The molecule has 1 aromatic rings. The first-order valence-electron chi connectivity index (χ1n) is 6.16. The number of H-pyrrole nitrogens is 1. The highest BCUT2D eigenvalue weighted by Gasteiger charge is 2.36. The van der Waals surface area contributed by atoms with Crippen LogP contribution in [0.1, 0.15) is 35.8 Å². The Morgan fingerprint density at radius 1 is 1.58 bits per heavy atom. The summed E-state index contributed by atoms with van der Waals surface area (Å²) < 4.78 is 26.2. The summed E-state index contributed by atoms with van der Waals surface area (Å²) in [6.45, 7) is 4.37. The fourth-order valence-corrected chi connectivity index (χ4v) is 3.97. The molecule has 1 aliphatic heterocycles. The molecule has 1 aliphatic rings. The van der Waals surface area contributed by atoms with Gasteiger partial charge in [-0.2, -0.15) is 9.40 Å². The topological polar surface area (TPSA) is 103 Å². The summed E-state index contributed by atoms with van der Waals surface area (Å²) in [6.07, 6.45) is 1.72. The minimum absolute atomic E-state index is 0.248. The predicted octanol–water partition coefficient (Wildman–Crippen LogP) is 0.837. The van der Waals surface area contributed by atoms with Gasteiger partial charge in [-0.15, -0.1) is 0 Å². The Kier molecular flexibility index (Phi) is 3.64. The van der Waals surface area contributed by atoms with Crippen molar-refractivity contribution in [2.75, 3.05) is 13.1 Å². The number of aryl methyl sites for hydroxylation is 1. The maximum Gasteiger partial charge on any atom is 0.340 e. The van der Waals surface area contributed by atoms with E-state index in [9.17, 15) is 13.2 Å². The number of nitrogens with one attached hydrogen (secondary N) is 1. The fourth-order valence-electron chi connectivity index (χ4n) is 2.32. The van der Waals surface area contributed by atoms with Crippen molar-refractivity contribution in [1.29, 1.82) is 0 Å². The summed E-state index contributed by atoms with van der Waals surface area (Å²) in [5.41, 5.74) is -0.0164. The van der Waals surface area contributed by atoms with Gasteiger partial charge in [-0.05, 0) is 19.3 Å². The number of hydrogen-bond acceptors (Lipinski definition) is 4. The van der Waals surface area contributed by atoms with E-state index in [4.69, 9.17) is 5.11 Å². The van der Waals surface area contributed by atoms with Gasteiger partial charge in [0, 0.05) is 18.8 Å². The monoisotopic (exact) mass is 287 g/mol. The van der Waals surface area contributed by atoms with Gasteiger partial charge in [0.1, 0.15) is 5.56 Å². The van der Waals surface area contributed by atoms with Crippen molar-refractivity contribution in [1.82, 2.24) is 14.5 Å². The maximum atomic E-state index is 12.4. The molecule has 0 radical (unpaired) electrons. The third kappa shape index (κ3) is 2.37. The molecular formula is C11H17N3O4S. The second-order valence-electron chi connectivity index (χ2n) is 4.76. The Hall–Kier alpha value is -1.41. The number of carbonyl (C=O) groups is 1. The minimum atomic E-state index is -3.83. The van der Waals surface area contributed by atoms with E-state index in [-0.39, 0.29) is 16.3 Å². The summed E-state index contributed by atoms with van der Waals surface area (Å²) in [5.74, 6) is -0.945. The van der Waals surface area contributed by atoms with Crippen molar-refractivity contribution in [3.63, 3.8) is 0 Å². The molecular weight excluding hydrogens is 270 g/mol.